The molecule has 1 aromatic rings. The van der Waals surface area contributed by atoms with Gasteiger partial charge in [-0.25, -0.2) is 22.4 Å². The molecule has 0 atom stereocenters. The van der Waals surface area contributed by atoms with Crippen LogP contribution in [0, 0.1) is 23.3 Å². The summed E-state index contributed by atoms with van der Waals surface area (Å²) in [6.07, 6.45) is -5.07. The molecule has 2 nitrogen and oxygen atoms in total. The molecule has 0 heterocycles. The number of carbonyl (C=O) groups excluding carboxylic acids is 1. The summed E-state index contributed by atoms with van der Waals surface area (Å²) in [5, 5.41) is 0.194. The van der Waals surface area contributed by atoms with Crippen LogP contribution in [0.2, 0.25) is 0 Å². The molecular formula is C9H2Cl2F7NO. The van der Waals surface area contributed by atoms with Crippen LogP contribution >= 0.6 is 23.2 Å². The Morgan fingerprint density at radius 1 is 0.950 bits per heavy atom. The number of nitrogens with zero attached hydrogens (tertiary/aromatic N) is 1. The Balaban J connectivity index is 0.00000110. The van der Waals surface area contributed by atoms with Crippen LogP contribution in [-0.2, 0) is 11.0 Å². The molecule has 0 aliphatic carbocycles. The summed E-state index contributed by atoms with van der Waals surface area (Å²) in [5.41, 5.74) is -4.53. The summed E-state index contributed by atoms with van der Waals surface area (Å²) in [4.78, 5) is 11.9. The molecule has 0 N–H and O–H groups in total. The molecule has 0 aromatic heterocycles. The molecule has 0 aliphatic heterocycles. The molecule has 11 heteroatoms. The van der Waals surface area contributed by atoms with Gasteiger partial charge in [0.25, 0.3) is 0 Å². The van der Waals surface area contributed by atoms with E-state index < -0.39 is 40.7 Å². The number of hydrogen-bond donors (Lipinski definition) is 0. The third-order valence-corrected chi connectivity index (χ3v) is 1.68. The second-order valence-corrected chi connectivity index (χ2v) is 3.59. The van der Waals surface area contributed by atoms with Gasteiger partial charge in [-0.05, 0) is 0 Å². The lowest BCUT2D eigenvalue weighted by molar-refractivity contribution is -0.143. The zero-order valence-electron chi connectivity index (χ0n) is 8.96. The van der Waals surface area contributed by atoms with Gasteiger partial charge in [0.1, 0.15) is 5.56 Å². The topological polar surface area (TPSA) is 29.4 Å². The summed E-state index contributed by atoms with van der Waals surface area (Å²) in [6.45, 7) is 0. The molecule has 0 fully saturated rings. The first-order chi connectivity index (χ1) is 9.13. The van der Waals surface area contributed by atoms with Crippen molar-refractivity contribution in [3.8, 4) is 0 Å². The fourth-order valence-electron chi connectivity index (χ4n) is 1.01. The second-order valence-electron chi connectivity index (χ2n) is 2.78. The van der Waals surface area contributed by atoms with Crippen LogP contribution in [0.15, 0.2) is 4.99 Å². The predicted molar refractivity (Wildman–Crippen MR) is 55.6 cm³/mol. The Hall–Kier alpha value is -1.31. The van der Waals surface area contributed by atoms with Gasteiger partial charge in [-0.2, -0.15) is 18.2 Å². The quantitative estimate of drug-likeness (QED) is 0.240. The van der Waals surface area contributed by atoms with Crippen LogP contribution in [0.25, 0.3) is 0 Å². The number of rotatable bonds is 1. The van der Waals surface area contributed by atoms with Gasteiger partial charge in [0.2, 0.25) is 6.08 Å². The van der Waals surface area contributed by atoms with Gasteiger partial charge >= 0.3 is 6.18 Å². The maximum absolute atomic E-state index is 12.9. The maximum atomic E-state index is 12.9. The van der Waals surface area contributed by atoms with Crippen LogP contribution in [0.3, 0.4) is 0 Å². The summed E-state index contributed by atoms with van der Waals surface area (Å²) in [7, 11) is 0. The van der Waals surface area contributed by atoms with E-state index in [0.29, 0.717) is 6.08 Å². The van der Waals surface area contributed by atoms with Gasteiger partial charge in [-0.3, -0.25) is 0 Å². The minimum absolute atomic E-state index is 0.194. The summed E-state index contributed by atoms with van der Waals surface area (Å²) in [6, 6.07) is 0. The van der Waals surface area contributed by atoms with E-state index in [0.717, 1.165) is 0 Å². The Labute approximate surface area is 116 Å². The van der Waals surface area contributed by atoms with Crippen LogP contribution in [-0.4, -0.2) is 11.4 Å². The van der Waals surface area contributed by atoms with Crippen molar-refractivity contribution in [2.75, 3.05) is 5.34 Å². The Kier molecular flexibility index (Phi) is 6.98. The van der Waals surface area contributed by atoms with Crippen molar-refractivity contribution in [3.63, 3.8) is 0 Å². The van der Waals surface area contributed by atoms with Gasteiger partial charge in [-0.1, -0.05) is 0 Å². The van der Waals surface area contributed by atoms with Gasteiger partial charge < -0.3 is 0 Å². The first-order valence-electron chi connectivity index (χ1n) is 4.26. The molecule has 0 spiro atoms. The van der Waals surface area contributed by atoms with E-state index in [1.54, 1.807) is 0 Å². The van der Waals surface area contributed by atoms with E-state index in [2.05, 4.69) is 4.99 Å². The van der Waals surface area contributed by atoms with Crippen molar-refractivity contribution in [1.82, 2.24) is 0 Å². The molecular weight excluding hydrogens is 342 g/mol. The fourth-order valence-corrected chi connectivity index (χ4v) is 1.01. The monoisotopic (exact) mass is 343 g/mol. The Morgan fingerprint density at radius 3 is 1.55 bits per heavy atom. The molecule has 0 radical (unpaired) electrons. The number of isocyanates is 1. The zero-order valence-corrected chi connectivity index (χ0v) is 10.5. The molecule has 0 saturated heterocycles. The van der Waals surface area contributed by atoms with Crippen LogP contribution in [0.4, 0.5) is 36.4 Å². The van der Waals surface area contributed by atoms with Crippen LogP contribution < -0.4 is 0 Å². The molecule has 0 saturated carbocycles. The summed E-state index contributed by atoms with van der Waals surface area (Å²) < 4.78 is 87.6. The highest BCUT2D eigenvalue weighted by molar-refractivity contribution is 6.40. The molecule has 1 rings (SSSR count). The van der Waals surface area contributed by atoms with E-state index in [1.807, 2.05) is 0 Å². The maximum Gasteiger partial charge on any atom is 0.422 e. The summed E-state index contributed by atoms with van der Waals surface area (Å²) in [5.74, 6) is -10.2. The van der Waals surface area contributed by atoms with E-state index in [4.69, 9.17) is 23.2 Å². The number of benzene rings is 1. The standard InChI is InChI=1S/C8F7NO.CH2Cl2/c9-3-2(8(13,14)15)4(10)6(12)7(5(3)11)16-1-17;2-1-3/h;1H2. The zero-order chi connectivity index (χ0) is 16.1. The average Bonchev–Trinajstić information content (AvgIpc) is 2.32. The minimum atomic E-state index is -5.63. The van der Waals surface area contributed by atoms with Gasteiger partial charge in [-0.15, -0.1) is 23.2 Å². The van der Waals surface area contributed by atoms with Crippen molar-refractivity contribution in [2.24, 2.45) is 4.99 Å². The third kappa shape index (κ3) is 4.09. The van der Waals surface area contributed by atoms with E-state index in [1.165, 1.54) is 0 Å². The predicted octanol–water partition coefficient (Wildman–Crippen LogP) is 4.65. The Bertz CT molecular complexity index is 511. The van der Waals surface area contributed by atoms with Crippen LogP contribution in [0.1, 0.15) is 5.56 Å². The van der Waals surface area contributed by atoms with Crippen molar-refractivity contribution >= 4 is 35.0 Å². The number of halogens is 9. The molecule has 0 unspecified atom stereocenters. The van der Waals surface area contributed by atoms with Crippen molar-refractivity contribution in [2.45, 2.75) is 6.18 Å². The highest BCUT2D eigenvalue weighted by Gasteiger charge is 2.42. The van der Waals surface area contributed by atoms with Crippen molar-refractivity contribution < 1.29 is 35.5 Å². The largest absolute Gasteiger partial charge is 0.422 e. The smallest absolute Gasteiger partial charge is 0.211 e. The molecule has 1 aromatic carbocycles. The van der Waals surface area contributed by atoms with E-state index in [9.17, 15) is 35.5 Å². The van der Waals surface area contributed by atoms with Crippen LogP contribution in [0.5, 0.6) is 0 Å². The molecule has 0 aliphatic rings. The molecule has 112 valence electrons. The van der Waals surface area contributed by atoms with E-state index >= 15 is 0 Å². The lowest BCUT2D eigenvalue weighted by Crippen LogP contribution is -2.14. The number of hydrogen-bond acceptors (Lipinski definition) is 2. The normalized spacial score (nSPS) is 10.4. The third-order valence-electron chi connectivity index (χ3n) is 1.68. The molecule has 0 amide bonds. The number of aliphatic imine (C=N–C) groups is 1. The van der Waals surface area contributed by atoms with Crippen molar-refractivity contribution in [3.05, 3.63) is 28.8 Å². The molecule has 0 bridgehead atoms. The van der Waals surface area contributed by atoms with Gasteiger partial charge in [0.15, 0.2) is 29.0 Å². The lowest BCUT2D eigenvalue weighted by Gasteiger charge is -2.11. The second kappa shape index (κ2) is 7.47. The molecule has 20 heavy (non-hydrogen) atoms. The minimum Gasteiger partial charge on any atom is -0.211 e. The highest BCUT2D eigenvalue weighted by Crippen LogP contribution is 2.39. The first kappa shape index (κ1) is 18.7. The SMILES string of the molecule is ClCCl.O=C=Nc1c(F)c(F)c(C(F)(F)F)c(F)c1F. The van der Waals surface area contributed by atoms with E-state index in [-0.39, 0.29) is 5.34 Å². The van der Waals surface area contributed by atoms with Gasteiger partial charge in [0.05, 0.1) is 5.34 Å². The number of alkyl halides is 5. The Morgan fingerprint density at radius 2 is 1.30 bits per heavy atom. The highest BCUT2D eigenvalue weighted by atomic mass is 35.5. The van der Waals surface area contributed by atoms with Gasteiger partial charge in [0, 0.05) is 0 Å². The summed E-state index contributed by atoms with van der Waals surface area (Å²) >= 11 is 9.53. The lowest BCUT2D eigenvalue weighted by atomic mass is 10.1. The average molecular weight is 344 g/mol. The first-order valence-corrected chi connectivity index (χ1v) is 5.33. The van der Waals surface area contributed by atoms with Crippen molar-refractivity contribution in [1.29, 1.82) is 0 Å². The fraction of sp³-hybridized carbons (Fsp3) is 0.222.